The first-order valence-corrected chi connectivity index (χ1v) is 8.66. The van der Waals surface area contributed by atoms with Crippen molar-refractivity contribution in [3.05, 3.63) is 88.7 Å². The molecule has 0 unspecified atom stereocenters. The van der Waals surface area contributed by atoms with E-state index >= 15 is 0 Å². The average Bonchev–Trinajstić information content (AvgIpc) is 2.65. The largest absolute Gasteiger partial charge is 0.380 e. The Kier molecular flexibility index (Phi) is 5.32. The lowest BCUT2D eigenvalue weighted by atomic mass is 10.1. The fraction of sp³-hybridized carbons (Fsp3) is 0.182. The molecule has 0 radical (unpaired) electrons. The van der Waals surface area contributed by atoms with E-state index in [9.17, 15) is 4.79 Å². The van der Waals surface area contributed by atoms with Crippen LogP contribution in [0.2, 0.25) is 0 Å². The summed E-state index contributed by atoms with van der Waals surface area (Å²) in [6.45, 7) is 6.84. The number of nitrogens with one attached hydrogen (secondary N) is 2. The first-order valence-electron chi connectivity index (χ1n) is 8.66. The third-order valence-electron chi connectivity index (χ3n) is 4.59. The van der Waals surface area contributed by atoms with Crippen LogP contribution >= 0.6 is 0 Å². The summed E-state index contributed by atoms with van der Waals surface area (Å²) < 4.78 is 0. The van der Waals surface area contributed by atoms with E-state index in [0.717, 1.165) is 29.0 Å². The SMILES string of the molecule is Cc1ccccc1CNc1ccc(C(=O)Nc2cccc(C)c2C)nc1. The summed E-state index contributed by atoms with van der Waals surface area (Å²) in [4.78, 5) is 16.7. The number of amides is 1. The standard InChI is InChI=1S/C22H23N3O/c1-15-8-6-10-20(17(15)3)25-22(26)21-12-11-19(14-24-21)23-13-18-9-5-4-7-16(18)2/h4-12,14,23H,13H2,1-3H3,(H,25,26). The van der Waals surface area contributed by atoms with Crippen LogP contribution in [-0.4, -0.2) is 10.9 Å². The van der Waals surface area contributed by atoms with E-state index in [1.54, 1.807) is 12.3 Å². The maximum Gasteiger partial charge on any atom is 0.274 e. The minimum absolute atomic E-state index is 0.204. The van der Waals surface area contributed by atoms with Gasteiger partial charge >= 0.3 is 0 Å². The van der Waals surface area contributed by atoms with E-state index in [0.29, 0.717) is 5.69 Å². The summed E-state index contributed by atoms with van der Waals surface area (Å²) in [5.41, 5.74) is 6.80. The van der Waals surface area contributed by atoms with Crippen molar-refractivity contribution in [1.29, 1.82) is 0 Å². The molecule has 0 atom stereocenters. The van der Waals surface area contributed by atoms with Crippen LogP contribution in [0.5, 0.6) is 0 Å². The smallest absolute Gasteiger partial charge is 0.274 e. The van der Waals surface area contributed by atoms with Crippen molar-refractivity contribution >= 4 is 17.3 Å². The summed E-state index contributed by atoms with van der Waals surface area (Å²) >= 11 is 0. The van der Waals surface area contributed by atoms with Crippen LogP contribution in [0.15, 0.2) is 60.8 Å². The van der Waals surface area contributed by atoms with Crippen molar-refractivity contribution in [1.82, 2.24) is 4.98 Å². The molecule has 1 aromatic heterocycles. The molecule has 0 saturated heterocycles. The molecule has 2 N–H and O–H groups in total. The van der Waals surface area contributed by atoms with E-state index in [-0.39, 0.29) is 5.91 Å². The molecule has 3 aromatic rings. The molecule has 3 rings (SSSR count). The molecule has 0 aliphatic rings. The molecule has 0 bridgehead atoms. The summed E-state index contributed by atoms with van der Waals surface area (Å²) in [5.74, 6) is -0.204. The molecule has 132 valence electrons. The number of pyridine rings is 1. The second kappa shape index (κ2) is 7.83. The monoisotopic (exact) mass is 345 g/mol. The first-order chi connectivity index (χ1) is 12.5. The van der Waals surface area contributed by atoms with Crippen molar-refractivity contribution < 1.29 is 4.79 Å². The number of hydrogen-bond donors (Lipinski definition) is 2. The molecule has 0 aliphatic carbocycles. The summed E-state index contributed by atoms with van der Waals surface area (Å²) in [6, 6.07) is 17.7. The minimum Gasteiger partial charge on any atom is -0.380 e. The van der Waals surface area contributed by atoms with Gasteiger partial charge in [0.2, 0.25) is 0 Å². The van der Waals surface area contributed by atoms with Gasteiger partial charge in [-0.2, -0.15) is 0 Å². The molecular formula is C22H23N3O. The lowest BCUT2D eigenvalue weighted by Gasteiger charge is -2.11. The maximum atomic E-state index is 12.4. The molecule has 0 saturated carbocycles. The number of aryl methyl sites for hydroxylation is 2. The van der Waals surface area contributed by atoms with Crippen LogP contribution in [0.3, 0.4) is 0 Å². The topological polar surface area (TPSA) is 54.0 Å². The normalized spacial score (nSPS) is 10.4. The third-order valence-corrected chi connectivity index (χ3v) is 4.59. The highest BCUT2D eigenvalue weighted by Gasteiger charge is 2.10. The van der Waals surface area contributed by atoms with Crippen molar-refractivity contribution in [2.45, 2.75) is 27.3 Å². The van der Waals surface area contributed by atoms with E-state index in [1.165, 1.54) is 11.1 Å². The Morgan fingerprint density at radius 1 is 0.923 bits per heavy atom. The van der Waals surface area contributed by atoms with E-state index < -0.39 is 0 Å². The Morgan fingerprint density at radius 3 is 2.42 bits per heavy atom. The highest BCUT2D eigenvalue weighted by atomic mass is 16.1. The number of carbonyl (C=O) groups is 1. The zero-order valence-corrected chi connectivity index (χ0v) is 15.3. The second-order valence-electron chi connectivity index (χ2n) is 6.41. The summed E-state index contributed by atoms with van der Waals surface area (Å²) in [7, 11) is 0. The zero-order chi connectivity index (χ0) is 18.5. The Bertz CT molecular complexity index is 917. The van der Waals surface area contributed by atoms with Gasteiger partial charge in [0.1, 0.15) is 5.69 Å². The molecule has 0 aliphatic heterocycles. The van der Waals surface area contributed by atoms with Gasteiger partial charge in [-0.25, -0.2) is 4.98 Å². The number of benzene rings is 2. The first kappa shape index (κ1) is 17.7. The number of nitrogens with zero attached hydrogens (tertiary/aromatic N) is 1. The van der Waals surface area contributed by atoms with Crippen LogP contribution in [0.25, 0.3) is 0 Å². The van der Waals surface area contributed by atoms with Crippen molar-refractivity contribution in [3.63, 3.8) is 0 Å². The predicted octanol–water partition coefficient (Wildman–Crippen LogP) is 4.87. The van der Waals surface area contributed by atoms with Gasteiger partial charge < -0.3 is 10.6 Å². The van der Waals surface area contributed by atoms with Gasteiger partial charge in [-0.3, -0.25) is 4.79 Å². The lowest BCUT2D eigenvalue weighted by Crippen LogP contribution is -2.14. The van der Waals surface area contributed by atoms with Crippen molar-refractivity contribution in [2.24, 2.45) is 0 Å². The molecule has 2 aromatic carbocycles. The highest BCUT2D eigenvalue weighted by molar-refractivity contribution is 6.03. The van der Waals surface area contributed by atoms with Gasteiger partial charge in [-0.1, -0.05) is 36.4 Å². The van der Waals surface area contributed by atoms with Crippen LogP contribution in [0.1, 0.15) is 32.7 Å². The van der Waals surface area contributed by atoms with Gasteiger partial charge in [0.05, 0.1) is 11.9 Å². The molecule has 4 heteroatoms. The van der Waals surface area contributed by atoms with Crippen LogP contribution in [-0.2, 0) is 6.54 Å². The third kappa shape index (κ3) is 4.09. The number of rotatable bonds is 5. The highest BCUT2D eigenvalue weighted by Crippen LogP contribution is 2.19. The van der Waals surface area contributed by atoms with Crippen LogP contribution < -0.4 is 10.6 Å². The van der Waals surface area contributed by atoms with Gasteiger partial charge in [0.25, 0.3) is 5.91 Å². The van der Waals surface area contributed by atoms with Crippen LogP contribution in [0.4, 0.5) is 11.4 Å². The summed E-state index contributed by atoms with van der Waals surface area (Å²) in [6.07, 6.45) is 1.69. The molecule has 0 fully saturated rings. The maximum absolute atomic E-state index is 12.4. The Morgan fingerprint density at radius 2 is 1.69 bits per heavy atom. The van der Waals surface area contributed by atoms with Gasteiger partial charge in [0.15, 0.2) is 0 Å². The van der Waals surface area contributed by atoms with E-state index in [2.05, 4.69) is 34.7 Å². The molecule has 1 amide bonds. The van der Waals surface area contributed by atoms with Crippen LogP contribution in [0, 0.1) is 20.8 Å². The Balaban J connectivity index is 1.64. The number of hydrogen-bond acceptors (Lipinski definition) is 3. The molecule has 4 nitrogen and oxygen atoms in total. The number of aromatic nitrogens is 1. The minimum atomic E-state index is -0.204. The fourth-order valence-corrected chi connectivity index (χ4v) is 2.71. The Labute approximate surface area is 154 Å². The molecule has 0 spiro atoms. The summed E-state index contributed by atoms with van der Waals surface area (Å²) in [5, 5.41) is 6.27. The zero-order valence-electron chi connectivity index (χ0n) is 15.3. The van der Waals surface area contributed by atoms with Gasteiger partial charge in [-0.15, -0.1) is 0 Å². The van der Waals surface area contributed by atoms with Gasteiger partial charge in [0, 0.05) is 12.2 Å². The molecule has 1 heterocycles. The van der Waals surface area contributed by atoms with Gasteiger partial charge in [-0.05, 0) is 61.2 Å². The quantitative estimate of drug-likeness (QED) is 0.693. The predicted molar refractivity (Wildman–Crippen MR) is 107 cm³/mol. The van der Waals surface area contributed by atoms with Crippen molar-refractivity contribution in [2.75, 3.05) is 10.6 Å². The van der Waals surface area contributed by atoms with Crippen molar-refractivity contribution in [3.8, 4) is 0 Å². The molecule has 26 heavy (non-hydrogen) atoms. The second-order valence-corrected chi connectivity index (χ2v) is 6.41. The van der Waals surface area contributed by atoms with E-state index in [4.69, 9.17) is 0 Å². The average molecular weight is 345 g/mol. The fourth-order valence-electron chi connectivity index (χ4n) is 2.71. The lowest BCUT2D eigenvalue weighted by molar-refractivity contribution is 0.102. The number of carbonyl (C=O) groups excluding carboxylic acids is 1. The number of anilines is 2. The Hall–Kier alpha value is -3.14. The van der Waals surface area contributed by atoms with E-state index in [1.807, 2.05) is 50.2 Å². The molecular weight excluding hydrogens is 322 g/mol.